The number of carbonyl (C=O) groups is 1. The largest absolute Gasteiger partial charge is 0.379 e. The van der Waals surface area contributed by atoms with Crippen LogP contribution in [0.2, 0.25) is 5.02 Å². The maximum atomic E-state index is 12.8. The van der Waals surface area contributed by atoms with E-state index >= 15 is 0 Å². The van der Waals surface area contributed by atoms with Gasteiger partial charge in [-0.3, -0.25) is 0 Å². The SMILES string of the molecule is O=C(NCc1ccccc1CS(=O)(=O)N1CCOCC1)N1CC=C(c2ccccc2Cl)CC1. The molecule has 33 heavy (non-hydrogen) atoms. The highest BCUT2D eigenvalue weighted by atomic mass is 35.5. The average Bonchev–Trinajstić information content (AvgIpc) is 2.84. The van der Waals surface area contributed by atoms with Crippen LogP contribution in [0.3, 0.4) is 0 Å². The number of carbonyl (C=O) groups excluding carboxylic acids is 1. The van der Waals surface area contributed by atoms with Crippen LogP contribution in [-0.2, 0) is 27.1 Å². The first-order valence-electron chi connectivity index (χ1n) is 11.0. The van der Waals surface area contributed by atoms with E-state index in [4.69, 9.17) is 16.3 Å². The van der Waals surface area contributed by atoms with Gasteiger partial charge in [0.2, 0.25) is 10.0 Å². The Balaban J connectivity index is 1.36. The van der Waals surface area contributed by atoms with Crippen LogP contribution in [0.1, 0.15) is 23.1 Å². The molecule has 0 atom stereocenters. The second-order valence-corrected chi connectivity index (χ2v) is 10.5. The van der Waals surface area contributed by atoms with Gasteiger partial charge in [0, 0.05) is 37.7 Å². The Hall–Kier alpha value is -2.39. The van der Waals surface area contributed by atoms with Crippen molar-refractivity contribution in [2.75, 3.05) is 39.4 Å². The molecule has 2 aliphatic heterocycles. The molecular formula is C24H28ClN3O4S. The number of hydrogen-bond donors (Lipinski definition) is 1. The molecule has 0 saturated carbocycles. The van der Waals surface area contributed by atoms with E-state index in [9.17, 15) is 13.2 Å². The van der Waals surface area contributed by atoms with Crippen molar-refractivity contribution in [3.63, 3.8) is 0 Å². The Morgan fingerprint density at radius 3 is 2.39 bits per heavy atom. The second-order valence-electron chi connectivity index (χ2n) is 8.10. The van der Waals surface area contributed by atoms with Crippen LogP contribution in [0, 0.1) is 0 Å². The van der Waals surface area contributed by atoms with Crippen molar-refractivity contribution in [2.24, 2.45) is 0 Å². The fraction of sp³-hybridized carbons (Fsp3) is 0.375. The monoisotopic (exact) mass is 489 g/mol. The lowest BCUT2D eigenvalue weighted by atomic mass is 9.99. The van der Waals surface area contributed by atoms with Crippen LogP contribution in [0.5, 0.6) is 0 Å². The van der Waals surface area contributed by atoms with E-state index < -0.39 is 10.0 Å². The number of ether oxygens (including phenoxy) is 1. The smallest absolute Gasteiger partial charge is 0.317 e. The molecule has 1 fully saturated rings. The van der Waals surface area contributed by atoms with E-state index in [2.05, 4.69) is 5.32 Å². The minimum atomic E-state index is -3.44. The third kappa shape index (κ3) is 5.95. The summed E-state index contributed by atoms with van der Waals surface area (Å²) in [6, 6.07) is 14.9. The molecule has 2 aromatic rings. The summed E-state index contributed by atoms with van der Waals surface area (Å²) in [5.41, 5.74) is 3.65. The molecule has 7 nitrogen and oxygen atoms in total. The third-order valence-corrected chi connectivity index (χ3v) is 8.12. The maximum absolute atomic E-state index is 12.8. The third-order valence-electron chi connectivity index (χ3n) is 5.97. The highest BCUT2D eigenvalue weighted by Crippen LogP contribution is 2.28. The quantitative estimate of drug-likeness (QED) is 0.673. The van der Waals surface area contributed by atoms with E-state index in [0.717, 1.165) is 23.1 Å². The minimum absolute atomic E-state index is 0.0906. The van der Waals surface area contributed by atoms with Gasteiger partial charge in [0.15, 0.2) is 0 Å². The lowest BCUT2D eigenvalue weighted by Crippen LogP contribution is -2.42. The minimum Gasteiger partial charge on any atom is -0.379 e. The molecule has 4 rings (SSSR count). The summed E-state index contributed by atoms with van der Waals surface area (Å²) in [6.45, 7) is 2.94. The van der Waals surface area contributed by atoms with E-state index in [0.29, 0.717) is 50.0 Å². The van der Waals surface area contributed by atoms with Gasteiger partial charge in [-0.25, -0.2) is 13.2 Å². The van der Waals surface area contributed by atoms with Gasteiger partial charge in [0.05, 0.1) is 19.0 Å². The first-order chi connectivity index (χ1) is 15.9. The molecule has 2 aromatic carbocycles. The fourth-order valence-electron chi connectivity index (χ4n) is 4.09. The number of sulfonamides is 1. The lowest BCUT2D eigenvalue weighted by Gasteiger charge is -2.28. The fourth-order valence-corrected chi connectivity index (χ4v) is 5.91. The Labute approximate surface area is 200 Å². The lowest BCUT2D eigenvalue weighted by molar-refractivity contribution is 0.0729. The van der Waals surface area contributed by atoms with Crippen molar-refractivity contribution in [1.82, 2.24) is 14.5 Å². The molecule has 1 N–H and O–H groups in total. The molecule has 0 aliphatic carbocycles. The Morgan fingerprint density at radius 2 is 1.70 bits per heavy atom. The molecular weight excluding hydrogens is 462 g/mol. The number of urea groups is 1. The van der Waals surface area contributed by atoms with Crippen molar-refractivity contribution in [3.05, 3.63) is 76.3 Å². The normalized spacial score (nSPS) is 17.5. The summed E-state index contributed by atoms with van der Waals surface area (Å²) >= 11 is 6.30. The number of rotatable bonds is 6. The number of amides is 2. The van der Waals surface area contributed by atoms with Gasteiger partial charge in [-0.05, 0) is 34.8 Å². The van der Waals surface area contributed by atoms with E-state index in [1.165, 1.54) is 4.31 Å². The molecule has 0 spiro atoms. The van der Waals surface area contributed by atoms with Gasteiger partial charge in [-0.2, -0.15) is 4.31 Å². The molecule has 0 aromatic heterocycles. The summed E-state index contributed by atoms with van der Waals surface area (Å²) in [7, 11) is -3.44. The number of morpholine rings is 1. The Morgan fingerprint density at radius 1 is 1.00 bits per heavy atom. The van der Waals surface area contributed by atoms with Gasteiger partial charge in [-0.1, -0.05) is 60.1 Å². The van der Waals surface area contributed by atoms with Gasteiger partial charge in [0.1, 0.15) is 0 Å². The molecule has 0 unspecified atom stereocenters. The molecule has 176 valence electrons. The number of halogens is 1. The average molecular weight is 490 g/mol. The van der Waals surface area contributed by atoms with Gasteiger partial charge >= 0.3 is 6.03 Å². The zero-order valence-electron chi connectivity index (χ0n) is 18.4. The Bertz CT molecular complexity index is 1130. The van der Waals surface area contributed by atoms with Gasteiger partial charge in [-0.15, -0.1) is 0 Å². The van der Waals surface area contributed by atoms with E-state index in [1.54, 1.807) is 11.0 Å². The van der Waals surface area contributed by atoms with Gasteiger partial charge < -0.3 is 15.0 Å². The van der Waals surface area contributed by atoms with Crippen molar-refractivity contribution in [1.29, 1.82) is 0 Å². The van der Waals surface area contributed by atoms with Crippen LogP contribution in [0.25, 0.3) is 5.57 Å². The zero-order valence-corrected chi connectivity index (χ0v) is 19.9. The van der Waals surface area contributed by atoms with Crippen LogP contribution >= 0.6 is 11.6 Å². The summed E-state index contributed by atoms with van der Waals surface area (Å²) in [6.07, 6.45) is 2.76. The highest BCUT2D eigenvalue weighted by molar-refractivity contribution is 7.88. The van der Waals surface area contributed by atoms with Crippen molar-refractivity contribution in [2.45, 2.75) is 18.7 Å². The second kappa shape index (κ2) is 10.7. The van der Waals surface area contributed by atoms with E-state index in [-0.39, 0.29) is 18.3 Å². The molecule has 2 heterocycles. The van der Waals surface area contributed by atoms with E-state index in [1.807, 2.05) is 48.5 Å². The first-order valence-corrected chi connectivity index (χ1v) is 13.0. The topological polar surface area (TPSA) is 79.0 Å². The van der Waals surface area contributed by atoms with Crippen molar-refractivity contribution < 1.29 is 17.9 Å². The van der Waals surface area contributed by atoms with Crippen LogP contribution < -0.4 is 5.32 Å². The van der Waals surface area contributed by atoms with Crippen molar-refractivity contribution >= 4 is 33.2 Å². The molecule has 1 saturated heterocycles. The Kier molecular flexibility index (Phi) is 7.70. The number of benzene rings is 2. The van der Waals surface area contributed by atoms with Crippen LogP contribution in [0.4, 0.5) is 4.79 Å². The number of nitrogens with zero attached hydrogens (tertiary/aromatic N) is 2. The summed E-state index contributed by atoms with van der Waals surface area (Å²) < 4.78 is 32.4. The molecule has 0 bridgehead atoms. The highest BCUT2D eigenvalue weighted by Gasteiger charge is 2.25. The molecule has 9 heteroatoms. The summed E-state index contributed by atoms with van der Waals surface area (Å²) in [5.74, 6) is -0.0906. The van der Waals surface area contributed by atoms with Crippen LogP contribution in [-0.4, -0.2) is 63.0 Å². The predicted octanol–water partition coefficient (Wildman–Crippen LogP) is 3.50. The van der Waals surface area contributed by atoms with Crippen molar-refractivity contribution in [3.8, 4) is 0 Å². The van der Waals surface area contributed by atoms with Gasteiger partial charge in [0.25, 0.3) is 0 Å². The zero-order chi connectivity index (χ0) is 23.3. The summed E-state index contributed by atoms with van der Waals surface area (Å²) in [5, 5.41) is 3.66. The molecule has 0 radical (unpaired) electrons. The number of nitrogens with one attached hydrogen (secondary N) is 1. The van der Waals surface area contributed by atoms with Crippen LogP contribution in [0.15, 0.2) is 54.6 Å². The first kappa shape index (κ1) is 23.8. The standard InChI is InChI=1S/C24H28ClN3O4S/c25-23-8-4-3-7-22(23)19-9-11-27(12-10-19)24(29)26-17-20-5-1-2-6-21(20)18-33(30,31)28-13-15-32-16-14-28/h1-9H,10-18H2,(H,26,29). The molecule has 2 amide bonds. The predicted molar refractivity (Wildman–Crippen MR) is 129 cm³/mol. The number of hydrogen-bond acceptors (Lipinski definition) is 4. The summed E-state index contributed by atoms with van der Waals surface area (Å²) in [4.78, 5) is 14.5. The molecule has 2 aliphatic rings. The maximum Gasteiger partial charge on any atom is 0.317 e.